The summed E-state index contributed by atoms with van der Waals surface area (Å²) in [7, 11) is 1.71. The molecule has 0 unspecified atom stereocenters. The van der Waals surface area contributed by atoms with Crippen molar-refractivity contribution in [3.63, 3.8) is 0 Å². The van der Waals surface area contributed by atoms with E-state index in [1.807, 2.05) is 36.0 Å². The molecule has 5 heteroatoms. The van der Waals surface area contributed by atoms with Crippen LogP contribution < -0.4 is 4.57 Å². The lowest BCUT2D eigenvalue weighted by atomic mass is 10.3. The Morgan fingerprint density at radius 3 is 2.50 bits per heavy atom. The number of ether oxygens (including phenoxy) is 1. The summed E-state index contributed by atoms with van der Waals surface area (Å²) in [5.41, 5.74) is 1.19. The molecule has 0 radical (unpaired) electrons. The van der Waals surface area contributed by atoms with Gasteiger partial charge >= 0.3 is 5.97 Å². The van der Waals surface area contributed by atoms with Crippen LogP contribution in [0.15, 0.2) is 24.5 Å². The molecule has 1 aromatic rings. The summed E-state index contributed by atoms with van der Waals surface area (Å²) in [5.74, 6) is -0.234. The van der Waals surface area contributed by atoms with Gasteiger partial charge in [-0.1, -0.05) is 0 Å². The Labute approximate surface area is 120 Å². The maximum absolute atomic E-state index is 11.9. The SMILES string of the molecule is CCOC(=O)CCN(C)C(=O)CC[n+]1ccc(C)cc1. The number of carbonyl (C=O) groups excluding carboxylic acids is 2. The summed E-state index contributed by atoms with van der Waals surface area (Å²) >= 11 is 0. The van der Waals surface area contributed by atoms with Crippen molar-refractivity contribution in [1.82, 2.24) is 4.90 Å². The lowest BCUT2D eigenvalue weighted by Crippen LogP contribution is -2.37. The summed E-state index contributed by atoms with van der Waals surface area (Å²) < 4.78 is 6.81. The molecule has 0 bridgehead atoms. The molecule has 0 aliphatic carbocycles. The van der Waals surface area contributed by atoms with E-state index >= 15 is 0 Å². The average molecular weight is 279 g/mol. The van der Waals surface area contributed by atoms with Crippen molar-refractivity contribution in [3.05, 3.63) is 30.1 Å². The molecule has 0 saturated heterocycles. The van der Waals surface area contributed by atoms with Crippen molar-refractivity contribution >= 4 is 11.9 Å². The molecule has 1 rings (SSSR count). The molecule has 1 aromatic heterocycles. The van der Waals surface area contributed by atoms with Gasteiger partial charge in [0.15, 0.2) is 18.9 Å². The quantitative estimate of drug-likeness (QED) is 0.554. The minimum Gasteiger partial charge on any atom is -0.466 e. The van der Waals surface area contributed by atoms with Crippen LogP contribution in [0.2, 0.25) is 0 Å². The summed E-state index contributed by atoms with van der Waals surface area (Å²) in [6.07, 6.45) is 4.59. The molecule has 0 aliphatic heterocycles. The zero-order valence-corrected chi connectivity index (χ0v) is 12.5. The maximum atomic E-state index is 11.9. The van der Waals surface area contributed by atoms with Crippen LogP contribution in [0.4, 0.5) is 0 Å². The molecule has 5 nitrogen and oxygen atoms in total. The van der Waals surface area contributed by atoms with Crippen molar-refractivity contribution in [2.75, 3.05) is 20.2 Å². The first-order valence-electron chi connectivity index (χ1n) is 6.88. The van der Waals surface area contributed by atoms with Crippen molar-refractivity contribution < 1.29 is 18.9 Å². The van der Waals surface area contributed by atoms with Gasteiger partial charge in [-0.25, -0.2) is 4.57 Å². The van der Waals surface area contributed by atoms with E-state index in [0.717, 1.165) is 0 Å². The Hall–Kier alpha value is -1.91. The lowest BCUT2D eigenvalue weighted by Gasteiger charge is -2.15. The third-order valence-corrected chi connectivity index (χ3v) is 3.02. The highest BCUT2D eigenvalue weighted by molar-refractivity contribution is 5.76. The second-order valence-electron chi connectivity index (χ2n) is 4.73. The highest BCUT2D eigenvalue weighted by Gasteiger charge is 2.13. The highest BCUT2D eigenvalue weighted by Crippen LogP contribution is 1.96. The molecule has 20 heavy (non-hydrogen) atoms. The van der Waals surface area contributed by atoms with Crippen LogP contribution in [0.25, 0.3) is 0 Å². The molecule has 0 saturated carbocycles. The molecule has 1 amide bonds. The number of nitrogens with zero attached hydrogens (tertiary/aromatic N) is 2. The Morgan fingerprint density at radius 2 is 1.90 bits per heavy atom. The van der Waals surface area contributed by atoms with E-state index in [-0.39, 0.29) is 18.3 Å². The number of carbonyl (C=O) groups is 2. The number of rotatable bonds is 7. The van der Waals surface area contributed by atoms with Gasteiger partial charge in [-0.2, -0.15) is 0 Å². The largest absolute Gasteiger partial charge is 0.466 e. The third-order valence-electron chi connectivity index (χ3n) is 3.02. The number of esters is 1. The molecule has 1 heterocycles. The summed E-state index contributed by atoms with van der Waals surface area (Å²) in [6, 6.07) is 4.02. The van der Waals surface area contributed by atoms with Crippen LogP contribution in [-0.2, 0) is 20.9 Å². The molecule has 0 aromatic carbocycles. The van der Waals surface area contributed by atoms with Gasteiger partial charge in [0.2, 0.25) is 5.91 Å². The minimum absolute atomic E-state index is 0.0300. The van der Waals surface area contributed by atoms with E-state index in [1.54, 1.807) is 18.9 Å². The van der Waals surface area contributed by atoms with Gasteiger partial charge in [0.05, 0.1) is 19.4 Å². The van der Waals surface area contributed by atoms with Crippen LogP contribution in [0.5, 0.6) is 0 Å². The Kier molecular flexibility index (Phi) is 6.70. The van der Waals surface area contributed by atoms with E-state index in [9.17, 15) is 9.59 Å². The Bertz CT molecular complexity index is 443. The van der Waals surface area contributed by atoms with Gasteiger partial charge in [-0.15, -0.1) is 0 Å². The number of aryl methyl sites for hydroxylation is 2. The van der Waals surface area contributed by atoms with Gasteiger partial charge in [0.1, 0.15) is 0 Å². The average Bonchev–Trinajstić information content (AvgIpc) is 2.44. The van der Waals surface area contributed by atoms with Gasteiger partial charge in [-0.3, -0.25) is 9.59 Å². The second-order valence-corrected chi connectivity index (χ2v) is 4.73. The first-order valence-corrected chi connectivity index (χ1v) is 6.88. The van der Waals surface area contributed by atoms with Gasteiger partial charge < -0.3 is 9.64 Å². The fourth-order valence-corrected chi connectivity index (χ4v) is 1.71. The van der Waals surface area contributed by atoms with Crippen LogP contribution in [0.3, 0.4) is 0 Å². The molecular weight excluding hydrogens is 256 g/mol. The molecular formula is C15H23N2O3+. The molecule has 0 aliphatic rings. The van der Waals surface area contributed by atoms with Gasteiger partial charge in [-0.05, 0) is 19.4 Å². The normalized spacial score (nSPS) is 10.2. The molecule has 0 fully saturated rings. The smallest absolute Gasteiger partial charge is 0.307 e. The van der Waals surface area contributed by atoms with Crippen molar-refractivity contribution in [2.24, 2.45) is 0 Å². The number of amides is 1. The molecule has 0 spiro atoms. The molecule has 0 N–H and O–H groups in total. The number of hydrogen-bond donors (Lipinski definition) is 0. The van der Waals surface area contributed by atoms with Gasteiger partial charge in [0, 0.05) is 25.7 Å². The molecule has 110 valence electrons. The summed E-state index contributed by atoms with van der Waals surface area (Å²) in [4.78, 5) is 24.7. The number of pyridine rings is 1. The lowest BCUT2D eigenvalue weighted by molar-refractivity contribution is -0.696. The minimum atomic E-state index is -0.264. The predicted octanol–water partition coefficient (Wildman–Crippen LogP) is 1.08. The topological polar surface area (TPSA) is 50.5 Å². The number of aromatic nitrogens is 1. The van der Waals surface area contributed by atoms with Crippen LogP contribution >= 0.6 is 0 Å². The van der Waals surface area contributed by atoms with E-state index in [4.69, 9.17) is 4.74 Å². The molecule has 0 atom stereocenters. The zero-order valence-electron chi connectivity index (χ0n) is 12.5. The van der Waals surface area contributed by atoms with Crippen LogP contribution in [0.1, 0.15) is 25.3 Å². The van der Waals surface area contributed by atoms with Crippen LogP contribution in [-0.4, -0.2) is 37.0 Å². The number of hydrogen-bond acceptors (Lipinski definition) is 3. The monoisotopic (exact) mass is 279 g/mol. The highest BCUT2D eigenvalue weighted by atomic mass is 16.5. The zero-order chi connectivity index (χ0) is 15.0. The van der Waals surface area contributed by atoms with E-state index in [1.165, 1.54) is 5.56 Å². The van der Waals surface area contributed by atoms with E-state index in [2.05, 4.69) is 0 Å². The van der Waals surface area contributed by atoms with Crippen molar-refractivity contribution in [2.45, 2.75) is 33.2 Å². The van der Waals surface area contributed by atoms with E-state index < -0.39 is 0 Å². The summed E-state index contributed by atoms with van der Waals surface area (Å²) in [6.45, 7) is 5.21. The van der Waals surface area contributed by atoms with Crippen LogP contribution in [0, 0.1) is 6.92 Å². The first kappa shape index (κ1) is 16.1. The Morgan fingerprint density at radius 1 is 1.25 bits per heavy atom. The van der Waals surface area contributed by atoms with Crippen molar-refractivity contribution in [1.29, 1.82) is 0 Å². The summed E-state index contributed by atoms with van der Waals surface area (Å²) in [5, 5.41) is 0. The standard InChI is InChI=1S/C15H23N2O3/c1-4-20-15(19)8-9-16(3)14(18)7-12-17-10-5-13(2)6-11-17/h5-6,10-11H,4,7-9,12H2,1-3H3/q+1. The Balaban J connectivity index is 2.31. The maximum Gasteiger partial charge on any atom is 0.307 e. The predicted molar refractivity (Wildman–Crippen MR) is 74.9 cm³/mol. The fraction of sp³-hybridized carbons (Fsp3) is 0.533. The second kappa shape index (κ2) is 8.30. The third kappa shape index (κ3) is 5.82. The fourth-order valence-electron chi connectivity index (χ4n) is 1.71. The first-order chi connectivity index (χ1) is 9.52. The van der Waals surface area contributed by atoms with Gasteiger partial charge in [0.25, 0.3) is 0 Å². The van der Waals surface area contributed by atoms with E-state index in [0.29, 0.717) is 26.1 Å². The van der Waals surface area contributed by atoms with Crippen molar-refractivity contribution in [3.8, 4) is 0 Å².